The third-order valence-corrected chi connectivity index (χ3v) is 3.36. The molecule has 78 valence electrons. The van der Waals surface area contributed by atoms with Crippen molar-refractivity contribution in [2.75, 3.05) is 13.6 Å². The first kappa shape index (κ1) is 11.0. The molecule has 0 bridgehead atoms. The van der Waals surface area contributed by atoms with Gasteiger partial charge in [-0.05, 0) is 44.2 Å². The molecule has 1 heterocycles. The number of hydrogen-bond donors (Lipinski definition) is 0. The zero-order valence-corrected chi connectivity index (χ0v) is 9.93. The van der Waals surface area contributed by atoms with Gasteiger partial charge in [-0.3, -0.25) is 0 Å². The van der Waals surface area contributed by atoms with Gasteiger partial charge in [-0.15, -0.1) is 0 Å². The smallest absolute Gasteiger partial charge is 0.0144 e. The van der Waals surface area contributed by atoms with Crippen molar-refractivity contribution in [3.05, 3.63) is 0 Å². The van der Waals surface area contributed by atoms with Crippen molar-refractivity contribution in [3.8, 4) is 0 Å². The summed E-state index contributed by atoms with van der Waals surface area (Å²) in [6.45, 7) is 10.8. The lowest BCUT2D eigenvalue weighted by Gasteiger charge is -2.37. The van der Waals surface area contributed by atoms with Gasteiger partial charge in [0.1, 0.15) is 0 Å². The zero-order valence-electron chi connectivity index (χ0n) is 9.93. The van der Waals surface area contributed by atoms with Crippen LogP contribution in [0.5, 0.6) is 0 Å². The molecule has 0 aromatic rings. The van der Waals surface area contributed by atoms with Gasteiger partial charge in [0.2, 0.25) is 0 Å². The summed E-state index contributed by atoms with van der Waals surface area (Å²) in [6.07, 6.45) is 4.14. The van der Waals surface area contributed by atoms with Gasteiger partial charge in [0.25, 0.3) is 0 Å². The standard InChI is InChI=1S/C12H25N/c1-10(2)9-12(3,4)11-7-6-8-13(11)5/h10-11H,6-9H2,1-5H3. The fourth-order valence-electron chi connectivity index (χ4n) is 3.09. The molecule has 1 unspecified atom stereocenters. The van der Waals surface area contributed by atoms with E-state index in [1.807, 2.05) is 0 Å². The van der Waals surface area contributed by atoms with Crippen LogP contribution in [0.25, 0.3) is 0 Å². The maximum atomic E-state index is 2.54. The fourth-order valence-corrected chi connectivity index (χ4v) is 3.09. The lowest BCUT2D eigenvalue weighted by atomic mass is 9.76. The van der Waals surface area contributed by atoms with E-state index in [0.717, 1.165) is 12.0 Å². The number of nitrogens with zero attached hydrogens (tertiary/aromatic N) is 1. The molecule has 1 atom stereocenters. The summed E-state index contributed by atoms with van der Waals surface area (Å²) in [6, 6.07) is 0.815. The zero-order chi connectivity index (χ0) is 10.1. The third-order valence-electron chi connectivity index (χ3n) is 3.36. The first-order valence-corrected chi connectivity index (χ1v) is 5.64. The third kappa shape index (κ3) is 2.70. The SMILES string of the molecule is CC(C)CC(C)(C)C1CCCN1C. The summed E-state index contributed by atoms with van der Waals surface area (Å²) < 4.78 is 0. The molecule has 0 saturated carbocycles. The number of hydrogen-bond acceptors (Lipinski definition) is 1. The van der Waals surface area contributed by atoms with E-state index in [-0.39, 0.29) is 0 Å². The van der Waals surface area contributed by atoms with Crippen molar-refractivity contribution >= 4 is 0 Å². The Labute approximate surface area is 83.5 Å². The highest BCUT2D eigenvalue weighted by Crippen LogP contribution is 2.37. The summed E-state index contributed by atoms with van der Waals surface area (Å²) in [5, 5.41) is 0. The van der Waals surface area contributed by atoms with Crippen LogP contribution in [-0.2, 0) is 0 Å². The van der Waals surface area contributed by atoms with Gasteiger partial charge < -0.3 is 4.90 Å². The van der Waals surface area contributed by atoms with Crippen LogP contribution in [0.4, 0.5) is 0 Å². The maximum Gasteiger partial charge on any atom is 0.0144 e. The number of likely N-dealkylation sites (tertiary alicyclic amines) is 1. The Kier molecular flexibility index (Phi) is 3.39. The second-order valence-corrected chi connectivity index (χ2v) is 5.73. The van der Waals surface area contributed by atoms with E-state index in [2.05, 4.69) is 39.6 Å². The van der Waals surface area contributed by atoms with Gasteiger partial charge in [-0.25, -0.2) is 0 Å². The van der Waals surface area contributed by atoms with E-state index >= 15 is 0 Å². The van der Waals surface area contributed by atoms with Crippen LogP contribution in [-0.4, -0.2) is 24.5 Å². The van der Waals surface area contributed by atoms with E-state index in [9.17, 15) is 0 Å². The van der Waals surface area contributed by atoms with Gasteiger partial charge >= 0.3 is 0 Å². The molecule has 0 amide bonds. The van der Waals surface area contributed by atoms with Gasteiger partial charge in [0.15, 0.2) is 0 Å². The van der Waals surface area contributed by atoms with Crippen LogP contribution >= 0.6 is 0 Å². The molecule has 1 nitrogen and oxygen atoms in total. The number of rotatable bonds is 3. The van der Waals surface area contributed by atoms with Crippen molar-refractivity contribution in [1.82, 2.24) is 4.90 Å². The largest absolute Gasteiger partial charge is 0.303 e. The second-order valence-electron chi connectivity index (χ2n) is 5.73. The molecule has 1 rings (SSSR count). The van der Waals surface area contributed by atoms with Crippen LogP contribution in [0.3, 0.4) is 0 Å². The van der Waals surface area contributed by atoms with E-state index < -0.39 is 0 Å². The summed E-state index contributed by atoms with van der Waals surface area (Å²) in [5.41, 5.74) is 0.499. The van der Waals surface area contributed by atoms with Gasteiger partial charge in [-0.2, -0.15) is 0 Å². The predicted molar refractivity (Wildman–Crippen MR) is 58.9 cm³/mol. The molecule has 0 aliphatic carbocycles. The normalized spacial score (nSPS) is 25.8. The summed E-state index contributed by atoms with van der Waals surface area (Å²) in [7, 11) is 2.28. The molecule has 13 heavy (non-hydrogen) atoms. The molecule has 1 aliphatic heterocycles. The lowest BCUT2D eigenvalue weighted by molar-refractivity contribution is 0.126. The van der Waals surface area contributed by atoms with Crippen molar-refractivity contribution in [2.45, 2.75) is 53.0 Å². The molecule has 0 aromatic heterocycles. The molecule has 1 saturated heterocycles. The van der Waals surface area contributed by atoms with Crippen LogP contribution in [0, 0.1) is 11.3 Å². The Morgan fingerprint density at radius 3 is 2.38 bits per heavy atom. The molecule has 1 fully saturated rings. The monoisotopic (exact) mass is 183 g/mol. The van der Waals surface area contributed by atoms with Gasteiger partial charge in [0, 0.05) is 6.04 Å². The van der Waals surface area contributed by atoms with Gasteiger partial charge in [0.05, 0.1) is 0 Å². The van der Waals surface area contributed by atoms with Crippen molar-refractivity contribution in [3.63, 3.8) is 0 Å². The van der Waals surface area contributed by atoms with Crippen molar-refractivity contribution < 1.29 is 0 Å². The van der Waals surface area contributed by atoms with Crippen LogP contribution < -0.4 is 0 Å². The van der Waals surface area contributed by atoms with Crippen LogP contribution in [0.1, 0.15) is 47.0 Å². The summed E-state index contributed by atoms with van der Waals surface area (Å²) in [4.78, 5) is 2.54. The minimum Gasteiger partial charge on any atom is -0.303 e. The first-order valence-electron chi connectivity index (χ1n) is 5.64. The molecule has 0 spiro atoms. The maximum absolute atomic E-state index is 2.54. The highest BCUT2D eigenvalue weighted by molar-refractivity contribution is 4.89. The minimum atomic E-state index is 0.499. The highest BCUT2D eigenvalue weighted by Gasteiger charge is 2.35. The topological polar surface area (TPSA) is 3.24 Å². The van der Waals surface area contributed by atoms with Gasteiger partial charge in [-0.1, -0.05) is 27.7 Å². The Hall–Kier alpha value is -0.0400. The molecular formula is C12H25N. The molecule has 0 radical (unpaired) electrons. The molecular weight excluding hydrogens is 158 g/mol. The molecule has 1 aliphatic rings. The molecule has 0 aromatic carbocycles. The van der Waals surface area contributed by atoms with E-state index in [4.69, 9.17) is 0 Å². The van der Waals surface area contributed by atoms with E-state index in [1.165, 1.54) is 25.8 Å². The second kappa shape index (κ2) is 4.00. The van der Waals surface area contributed by atoms with E-state index in [1.54, 1.807) is 0 Å². The lowest BCUT2D eigenvalue weighted by Crippen LogP contribution is -2.39. The Morgan fingerprint density at radius 2 is 2.00 bits per heavy atom. The fraction of sp³-hybridized carbons (Fsp3) is 1.00. The Bertz CT molecular complexity index is 161. The average Bonchev–Trinajstić information content (AvgIpc) is 2.32. The predicted octanol–water partition coefficient (Wildman–Crippen LogP) is 3.15. The summed E-state index contributed by atoms with van der Waals surface area (Å²) in [5.74, 6) is 0.823. The highest BCUT2D eigenvalue weighted by atomic mass is 15.2. The van der Waals surface area contributed by atoms with Crippen molar-refractivity contribution in [2.24, 2.45) is 11.3 Å². The Balaban J connectivity index is 2.56. The molecule has 1 heteroatoms. The van der Waals surface area contributed by atoms with Crippen molar-refractivity contribution in [1.29, 1.82) is 0 Å². The quantitative estimate of drug-likeness (QED) is 0.649. The van der Waals surface area contributed by atoms with Crippen LogP contribution in [0.2, 0.25) is 0 Å². The average molecular weight is 183 g/mol. The Morgan fingerprint density at radius 1 is 1.38 bits per heavy atom. The summed E-state index contributed by atoms with van der Waals surface area (Å²) >= 11 is 0. The van der Waals surface area contributed by atoms with Crippen LogP contribution in [0.15, 0.2) is 0 Å². The molecule has 0 N–H and O–H groups in total. The minimum absolute atomic E-state index is 0.499. The first-order chi connectivity index (χ1) is 5.93. The van der Waals surface area contributed by atoms with E-state index in [0.29, 0.717) is 5.41 Å².